The molecule has 0 saturated carbocycles. The molecule has 0 aromatic rings. The van der Waals surface area contributed by atoms with E-state index in [0.717, 1.165) is 0 Å². The van der Waals surface area contributed by atoms with Gasteiger partial charge in [-0.1, -0.05) is 13.8 Å². The van der Waals surface area contributed by atoms with Gasteiger partial charge in [-0.25, -0.2) is 4.79 Å². The van der Waals surface area contributed by atoms with Gasteiger partial charge in [0.15, 0.2) is 0 Å². The number of aliphatic carboxylic acids is 1. The Morgan fingerprint density at radius 1 is 1.56 bits per heavy atom. The Hall–Kier alpha value is -1.56. The van der Waals surface area contributed by atoms with Gasteiger partial charge in [0, 0.05) is 12.8 Å². The van der Waals surface area contributed by atoms with Crippen molar-refractivity contribution in [2.45, 2.75) is 13.8 Å². The van der Waals surface area contributed by atoms with Crippen LogP contribution in [0.1, 0.15) is 13.8 Å². The van der Waals surface area contributed by atoms with Gasteiger partial charge >= 0.3 is 5.97 Å². The van der Waals surface area contributed by atoms with Gasteiger partial charge < -0.3 is 25.7 Å². The van der Waals surface area contributed by atoms with Crippen LogP contribution >= 0.6 is 0 Å². The first kappa shape index (κ1) is 14.4. The number of ether oxygens (including phenoxy) is 1. The van der Waals surface area contributed by atoms with E-state index >= 15 is 0 Å². The highest BCUT2D eigenvalue weighted by Crippen LogP contribution is 2.04. The quantitative estimate of drug-likeness (QED) is 0.271. The summed E-state index contributed by atoms with van der Waals surface area (Å²) in [5.74, 6) is -0.976. The molecule has 0 atom stereocenters. The lowest BCUT2D eigenvalue weighted by Crippen LogP contribution is -2.25. The molecular formula is C10H18N2O4. The van der Waals surface area contributed by atoms with Gasteiger partial charge in [-0.05, 0) is 5.92 Å². The minimum Gasteiger partial charge on any atom is -0.478 e. The topological polar surface area (TPSA) is 103 Å². The normalized spacial score (nSPS) is 12.0. The van der Waals surface area contributed by atoms with E-state index in [-0.39, 0.29) is 30.5 Å². The molecule has 0 aliphatic carbocycles. The zero-order valence-electron chi connectivity index (χ0n) is 9.49. The number of hydrogen-bond donors (Lipinski definition) is 4. The first-order valence-electron chi connectivity index (χ1n) is 4.98. The maximum absolute atomic E-state index is 10.8. The number of hydrogen-bond acceptors (Lipinski definition) is 5. The van der Waals surface area contributed by atoms with Crippen molar-refractivity contribution in [1.29, 1.82) is 5.41 Å². The molecule has 0 amide bonds. The standard InChI is InChI=1S/C10H18N2O4/c1-7(2)6-16-9(12-3-4-13)8(5-11)10(14)15/h5,7,11-13H,3-4,6H2,1-2H3,(H,14,15)/b9-8-,11-5?. The molecule has 16 heavy (non-hydrogen) atoms. The summed E-state index contributed by atoms with van der Waals surface area (Å²) >= 11 is 0. The number of aliphatic hydroxyl groups excluding tert-OH is 1. The van der Waals surface area contributed by atoms with Crippen molar-refractivity contribution in [2.75, 3.05) is 19.8 Å². The molecule has 92 valence electrons. The van der Waals surface area contributed by atoms with Crippen molar-refractivity contribution >= 4 is 12.2 Å². The first-order valence-corrected chi connectivity index (χ1v) is 4.98. The Kier molecular flexibility index (Phi) is 6.95. The Labute approximate surface area is 94.4 Å². The van der Waals surface area contributed by atoms with Crippen LogP contribution in [-0.4, -0.2) is 42.2 Å². The van der Waals surface area contributed by atoms with Crippen molar-refractivity contribution in [2.24, 2.45) is 5.92 Å². The average molecular weight is 230 g/mol. The SMILES string of the molecule is CC(C)CO/C(NCCO)=C(/C=N)C(=O)O. The fourth-order valence-electron chi connectivity index (χ4n) is 0.868. The average Bonchev–Trinajstić information content (AvgIpc) is 2.21. The molecule has 0 rings (SSSR count). The number of carboxylic acids is 1. The second kappa shape index (κ2) is 7.70. The molecule has 0 aliphatic heterocycles. The molecule has 0 radical (unpaired) electrons. The summed E-state index contributed by atoms with van der Waals surface area (Å²) in [6, 6.07) is 0. The van der Waals surface area contributed by atoms with Gasteiger partial charge in [-0.2, -0.15) is 0 Å². The highest BCUT2D eigenvalue weighted by atomic mass is 16.5. The lowest BCUT2D eigenvalue weighted by atomic mass is 10.2. The van der Waals surface area contributed by atoms with Gasteiger partial charge in [0.2, 0.25) is 5.88 Å². The lowest BCUT2D eigenvalue weighted by molar-refractivity contribution is -0.132. The predicted molar refractivity (Wildman–Crippen MR) is 59.3 cm³/mol. The molecule has 0 saturated heterocycles. The van der Waals surface area contributed by atoms with Gasteiger partial charge in [-0.3, -0.25) is 0 Å². The lowest BCUT2D eigenvalue weighted by Gasteiger charge is -2.15. The summed E-state index contributed by atoms with van der Waals surface area (Å²) in [6.45, 7) is 4.24. The van der Waals surface area contributed by atoms with Crippen LogP contribution < -0.4 is 5.32 Å². The van der Waals surface area contributed by atoms with Crippen LogP contribution in [0.25, 0.3) is 0 Å². The van der Waals surface area contributed by atoms with Crippen molar-refractivity contribution in [3.8, 4) is 0 Å². The zero-order chi connectivity index (χ0) is 12.6. The fourth-order valence-corrected chi connectivity index (χ4v) is 0.868. The number of nitrogens with one attached hydrogen (secondary N) is 2. The number of aliphatic hydroxyl groups is 1. The fraction of sp³-hybridized carbons (Fsp3) is 0.600. The van der Waals surface area contributed by atoms with Gasteiger partial charge in [0.1, 0.15) is 5.57 Å². The third kappa shape index (κ3) is 5.35. The van der Waals surface area contributed by atoms with Crippen LogP contribution in [0.3, 0.4) is 0 Å². The van der Waals surface area contributed by atoms with Crippen molar-refractivity contribution in [3.05, 3.63) is 11.5 Å². The third-order valence-electron chi connectivity index (χ3n) is 1.58. The summed E-state index contributed by atoms with van der Waals surface area (Å²) in [6.07, 6.45) is 0.711. The highest BCUT2D eigenvalue weighted by molar-refractivity contribution is 6.07. The molecule has 6 nitrogen and oxygen atoms in total. The Bertz CT molecular complexity index is 274. The number of rotatable bonds is 8. The largest absolute Gasteiger partial charge is 0.478 e. The molecule has 0 aromatic heterocycles. The molecule has 4 N–H and O–H groups in total. The minimum atomic E-state index is -1.24. The van der Waals surface area contributed by atoms with Crippen LogP contribution in [-0.2, 0) is 9.53 Å². The van der Waals surface area contributed by atoms with E-state index in [2.05, 4.69) is 5.32 Å². The second-order valence-electron chi connectivity index (χ2n) is 3.55. The van der Waals surface area contributed by atoms with E-state index in [1.54, 1.807) is 0 Å². The van der Waals surface area contributed by atoms with Gasteiger partial charge in [0.05, 0.1) is 13.2 Å². The number of carboxylic acid groups (broad SMARTS) is 1. The third-order valence-corrected chi connectivity index (χ3v) is 1.58. The maximum atomic E-state index is 10.8. The Balaban J connectivity index is 4.73. The van der Waals surface area contributed by atoms with Crippen molar-refractivity contribution in [3.63, 3.8) is 0 Å². The molecule has 0 aliphatic rings. The van der Waals surface area contributed by atoms with Crippen molar-refractivity contribution in [1.82, 2.24) is 5.32 Å². The zero-order valence-corrected chi connectivity index (χ0v) is 9.49. The van der Waals surface area contributed by atoms with Gasteiger partial charge in [0.25, 0.3) is 0 Å². The number of carbonyl (C=O) groups is 1. The van der Waals surface area contributed by atoms with E-state index in [1.165, 1.54) is 0 Å². The summed E-state index contributed by atoms with van der Waals surface area (Å²) < 4.78 is 5.25. The Morgan fingerprint density at radius 2 is 2.19 bits per heavy atom. The van der Waals surface area contributed by atoms with Crippen LogP contribution in [0.15, 0.2) is 11.5 Å². The monoisotopic (exact) mass is 230 g/mol. The van der Waals surface area contributed by atoms with Crippen LogP contribution in [0.2, 0.25) is 0 Å². The molecule has 0 bridgehead atoms. The molecule has 0 fully saturated rings. The molecule has 0 heterocycles. The first-order chi connectivity index (χ1) is 7.52. The predicted octanol–water partition coefficient (Wildman–Crippen LogP) is 0.187. The van der Waals surface area contributed by atoms with E-state index < -0.39 is 5.97 Å². The van der Waals surface area contributed by atoms with Gasteiger partial charge in [-0.15, -0.1) is 0 Å². The molecular weight excluding hydrogens is 212 g/mol. The highest BCUT2D eigenvalue weighted by Gasteiger charge is 2.13. The second-order valence-corrected chi connectivity index (χ2v) is 3.55. The van der Waals surface area contributed by atoms with E-state index in [1.807, 2.05) is 13.8 Å². The van der Waals surface area contributed by atoms with Crippen LogP contribution in [0.5, 0.6) is 0 Å². The molecule has 0 aromatic carbocycles. The van der Waals surface area contributed by atoms with E-state index in [4.69, 9.17) is 20.4 Å². The summed E-state index contributed by atoms with van der Waals surface area (Å²) in [4.78, 5) is 10.8. The van der Waals surface area contributed by atoms with E-state index in [0.29, 0.717) is 12.8 Å². The Morgan fingerprint density at radius 3 is 2.56 bits per heavy atom. The molecule has 0 unspecified atom stereocenters. The maximum Gasteiger partial charge on any atom is 0.342 e. The smallest absolute Gasteiger partial charge is 0.342 e. The summed E-state index contributed by atoms with van der Waals surface area (Å²) in [5.41, 5.74) is -0.255. The van der Waals surface area contributed by atoms with E-state index in [9.17, 15) is 4.79 Å². The van der Waals surface area contributed by atoms with Crippen LogP contribution in [0, 0.1) is 11.3 Å². The summed E-state index contributed by atoms with van der Waals surface area (Å²) in [5, 5.41) is 27.1. The molecule has 6 heteroatoms. The summed E-state index contributed by atoms with van der Waals surface area (Å²) in [7, 11) is 0. The van der Waals surface area contributed by atoms with Crippen LogP contribution in [0.4, 0.5) is 0 Å². The van der Waals surface area contributed by atoms with Crippen molar-refractivity contribution < 1.29 is 19.7 Å². The minimum absolute atomic E-state index is 0.0188. The molecule has 0 spiro atoms.